The van der Waals surface area contributed by atoms with Gasteiger partial charge in [0, 0.05) is 5.02 Å². The maximum absolute atomic E-state index is 12.3. The Kier molecular flexibility index (Phi) is 5.06. The van der Waals surface area contributed by atoms with Gasteiger partial charge >= 0.3 is 6.01 Å². The number of anilines is 1. The molecule has 3 aromatic rings. The average Bonchev–Trinajstić information content (AvgIpc) is 2.99. The number of amides is 1. The molecule has 0 unspecified atom stereocenters. The number of aryl methyl sites for hydroxylation is 2. The molecule has 0 bridgehead atoms. The molecular weight excluding hydrogens is 361 g/mol. The molecule has 0 atom stereocenters. The SMILES string of the molecule is Cc1ccc(Cc2nnc(NC(=O)c3cc(Cl)ccc3Cl)o2)c(C)c1. The second-order valence-electron chi connectivity index (χ2n) is 5.69. The number of nitrogens with one attached hydrogen (secondary N) is 1. The number of hydrogen-bond donors (Lipinski definition) is 1. The predicted molar refractivity (Wildman–Crippen MR) is 97.4 cm³/mol. The minimum atomic E-state index is -0.464. The van der Waals surface area contributed by atoms with Crippen molar-refractivity contribution in [3.63, 3.8) is 0 Å². The van der Waals surface area contributed by atoms with Crippen molar-refractivity contribution in [1.82, 2.24) is 10.2 Å². The number of hydrogen-bond acceptors (Lipinski definition) is 4. The molecule has 1 aromatic heterocycles. The third-order valence-corrected chi connectivity index (χ3v) is 4.26. The zero-order valence-electron chi connectivity index (χ0n) is 13.6. The van der Waals surface area contributed by atoms with Crippen LogP contribution < -0.4 is 5.32 Å². The van der Waals surface area contributed by atoms with Gasteiger partial charge in [-0.3, -0.25) is 10.1 Å². The minimum Gasteiger partial charge on any atom is -0.407 e. The third-order valence-electron chi connectivity index (χ3n) is 3.70. The van der Waals surface area contributed by atoms with E-state index in [1.807, 2.05) is 26.0 Å². The maximum atomic E-state index is 12.3. The van der Waals surface area contributed by atoms with E-state index in [4.69, 9.17) is 27.6 Å². The molecule has 0 saturated carbocycles. The largest absolute Gasteiger partial charge is 0.407 e. The van der Waals surface area contributed by atoms with Gasteiger partial charge in [0.05, 0.1) is 17.0 Å². The molecule has 2 aromatic carbocycles. The molecule has 128 valence electrons. The van der Waals surface area contributed by atoms with Crippen molar-refractivity contribution in [2.24, 2.45) is 0 Å². The highest BCUT2D eigenvalue weighted by Crippen LogP contribution is 2.22. The summed E-state index contributed by atoms with van der Waals surface area (Å²) >= 11 is 11.9. The number of carbonyl (C=O) groups excluding carboxylic acids is 1. The molecule has 1 N–H and O–H groups in total. The summed E-state index contributed by atoms with van der Waals surface area (Å²) in [7, 11) is 0. The van der Waals surface area contributed by atoms with E-state index in [0.717, 1.165) is 11.1 Å². The van der Waals surface area contributed by atoms with Crippen LogP contribution in [0, 0.1) is 13.8 Å². The van der Waals surface area contributed by atoms with E-state index in [9.17, 15) is 4.79 Å². The Morgan fingerprint density at radius 2 is 1.92 bits per heavy atom. The first kappa shape index (κ1) is 17.5. The fraction of sp³-hybridized carbons (Fsp3) is 0.167. The van der Waals surface area contributed by atoms with Crippen LogP contribution in [0.3, 0.4) is 0 Å². The Morgan fingerprint density at radius 1 is 1.12 bits per heavy atom. The molecule has 0 aliphatic heterocycles. The molecule has 0 aliphatic rings. The van der Waals surface area contributed by atoms with E-state index in [1.54, 1.807) is 12.1 Å². The molecule has 0 fully saturated rings. The van der Waals surface area contributed by atoms with Crippen molar-refractivity contribution in [1.29, 1.82) is 0 Å². The van der Waals surface area contributed by atoms with E-state index in [2.05, 4.69) is 21.6 Å². The van der Waals surface area contributed by atoms with Crippen molar-refractivity contribution in [2.45, 2.75) is 20.3 Å². The first-order valence-electron chi connectivity index (χ1n) is 7.57. The molecule has 0 radical (unpaired) electrons. The average molecular weight is 376 g/mol. The standard InChI is InChI=1S/C18H15Cl2N3O2/c1-10-3-4-12(11(2)7-10)8-16-22-23-18(25-16)21-17(24)14-9-13(19)5-6-15(14)20/h3-7,9H,8H2,1-2H3,(H,21,23,24). The van der Waals surface area contributed by atoms with Gasteiger partial charge in [0.15, 0.2) is 0 Å². The fourth-order valence-electron chi connectivity index (χ4n) is 2.42. The molecule has 0 aliphatic carbocycles. The van der Waals surface area contributed by atoms with Gasteiger partial charge in [0.1, 0.15) is 0 Å². The normalized spacial score (nSPS) is 10.7. The molecule has 0 saturated heterocycles. The first-order valence-corrected chi connectivity index (χ1v) is 8.33. The second kappa shape index (κ2) is 7.25. The summed E-state index contributed by atoms with van der Waals surface area (Å²) in [6.45, 7) is 4.07. The first-order chi connectivity index (χ1) is 11.9. The van der Waals surface area contributed by atoms with Crippen LogP contribution in [0.5, 0.6) is 0 Å². The maximum Gasteiger partial charge on any atom is 0.322 e. The smallest absolute Gasteiger partial charge is 0.322 e. The Bertz CT molecular complexity index is 938. The highest BCUT2D eigenvalue weighted by atomic mass is 35.5. The van der Waals surface area contributed by atoms with Gasteiger partial charge in [-0.05, 0) is 43.2 Å². The molecular formula is C18H15Cl2N3O2. The van der Waals surface area contributed by atoms with E-state index < -0.39 is 5.91 Å². The number of rotatable bonds is 4. The highest BCUT2D eigenvalue weighted by Gasteiger charge is 2.15. The molecule has 1 heterocycles. The van der Waals surface area contributed by atoms with Crippen LogP contribution in [-0.4, -0.2) is 16.1 Å². The topological polar surface area (TPSA) is 68.0 Å². The monoisotopic (exact) mass is 375 g/mol. The van der Waals surface area contributed by atoms with Crippen molar-refractivity contribution >= 4 is 35.1 Å². The van der Waals surface area contributed by atoms with Crippen molar-refractivity contribution in [3.05, 3.63) is 74.6 Å². The summed E-state index contributed by atoms with van der Waals surface area (Å²) in [6, 6.07) is 10.8. The van der Waals surface area contributed by atoms with Crippen LogP contribution in [0.1, 0.15) is 32.9 Å². The summed E-state index contributed by atoms with van der Waals surface area (Å²) in [6.07, 6.45) is 0.493. The van der Waals surface area contributed by atoms with E-state index >= 15 is 0 Å². The Labute approximate surface area is 155 Å². The molecule has 0 spiro atoms. The predicted octanol–water partition coefficient (Wildman–Crippen LogP) is 4.84. The van der Waals surface area contributed by atoms with Crippen LogP contribution in [0.15, 0.2) is 40.8 Å². The third kappa shape index (κ3) is 4.18. The lowest BCUT2D eigenvalue weighted by Crippen LogP contribution is -2.12. The lowest BCUT2D eigenvalue weighted by molar-refractivity contribution is 0.102. The summed E-state index contributed by atoms with van der Waals surface area (Å²) in [5.74, 6) is -0.0475. The number of aromatic nitrogens is 2. The van der Waals surface area contributed by atoms with Gasteiger partial charge < -0.3 is 4.42 Å². The Morgan fingerprint density at radius 3 is 2.68 bits per heavy atom. The van der Waals surface area contributed by atoms with Crippen LogP contribution in [-0.2, 0) is 6.42 Å². The van der Waals surface area contributed by atoms with Gasteiger partial charge in [0.25, 0.3) is 5.91 Å². The van der Waals surface area contributed by atoms with E-state index in [0.29, 0.717) is 17.3 Å². The number of carbonyl (C=O) groups is 1. The zero-order valence-corrected chi connectivity index (χ0v) is 15.1. The molecule has 1 amide bonds. The van der Waals surface area contributed by atoms with Gasteiger partial charge in [-0.2, -0.15) is 0 Å². The fourth-order valence-corrected chi connectivity index (χ4v) is 2.79. The molecule has 3 rings (SSSR count). The molecule has 7 heteroatoms. The summed E-state index contributed by atoms with van der Waals surface area (Å²) in [4.78, 5) is 12.3. The van der Waals surface area contributed by atoms with Crippen molar-refractivity contribution < 1.29 is 9.21 Å². The van der Waals surface area contributed by atoms with Crippen LogP contribution in [0.25, 0.3) is 0 Å². The van der Waals surface area contributed by atoms with Crippen LogP contribution >= 0.6 is 23.2 Å². The highest BCUT2D eigenvalue weighted by molar-refractivity contribution is 6.36. The number of nitrogens with zero attached hydrogens (tertiary/aromatic N) is 2. The minimum absolute atomic E-state index is 0.0146. The van der Waals surface area contributed by atoms with Gasteiger partial charge in [0.2, 0.25) is 5.89 Å². The second-order valence-corrected chi connectivity index (χ2v) is 6.53. The summed E-state index contributed by atoms with van der Waals surface area (Å²) in [5.41, 5.74) is 3.67. The molecule has 25 heavy (non-hydrogen) atoms. The summed E-state index contributed by atoms with van der Waals surface area (Å²) in [5, 5.41) is 11.1. The van der Waals surface area contributed by atoms with Crippen molar-refractivity contribution in [3.8, 4) is 0 Å². The van der Waals surface area contributed by atoms with Gasteiger partial charge in [-0.15, -0.1) is 5.10 Å². The summed E-state index contributed by atoms with van der Waals surface area (Å²) < 4.78 is 5.50. The van der Waals surface area contributed by atoms with Gasteiger partial charge in [-0.25, -0.2) is 0 Å². The Balaban J connectivity index is 1.73. The Hall–Kier alpha value is -2.37. The number of halogens is 2. The number of benzene rings is 2. The van der Waals surface area contributed by atoms with Crippen LogP contribution in [0.4, 0.5) is 6.01 Å². The van der Waals surface area contributed by atoms with Crippen molar-refractivity contribution in [2.75, 3.05) is 5.32 Å². The lowest BCUT2D eigenvalue weighted by Gasteiger charge is -2.04. The van der Waals surface area contributed by atoms with Crippen LogP contribution in [0.2, 0.25) is 10.0 Å². The molecule has 5 nitrogen and oxygen atoms in total. The van der Waals surface area contributed by atoms with E-state index in [1.165, 1.54) is 11.6 Å². The zero-order chi connectivity index (χ0) is 18.0. The quantitative estimate of drug-likeness (QED) is 0.708. The van der Waals surface area contributed by atoms with E-state index in [-0.39, 0.29) is 16.6 Å². The van der Waals surface area contributed by atoms with Gasteiger partial charge in [-0.1, -0.05) is 52.1 Å². The lowest BCUT2D eigenvalue weighted by atomic mass is 10.0.